The van der Waals surface area contributed by atoms with Gasteiger partial charge in [0.1, 0.15) is 22.6 Å². The number of anilines is 4. The highest BCUT2D eigenvalue weighted by molar-refractivity contribution is 6.69. The number of nitrogens with one attached hydrogen (secondary N) is 2. The van der Waals surface area contributed by atoms with Gasteiger partial charge in [0.2, 0.25) is 5.95 Å². The summed E-state index contributed by atoms with van der Waals surface area (Å²) in [7, 11) is 1.63. The van der Waals surface area contributed by atoms with Crippen LogP contribution in [0.5, 0.6) is 5.75 Å². The smallest absolute Gasteiger partial charge is 0.231 e. The normalized spacial score (nSPS) is 10.5. The summed E-state index contributed by atoms with van der Waals surface area (Å²) in [6.45, 7) is 0.576. The molecule has 0 fully saturated rings. The molecule has 2 aromatic heterocycles. The zero-order valence-electron chi connectivity index (χ0n) is 13.9. The molecule has 0 bridgehead atoms. The first kappa shape index (κ1) is 17.5. The molecule has 1 aromatic carbocycles. The standard InChI is InChI=1S/C16H17ClN8O/c1-26-11-4-2-3-9(5-11)7-25-8-10(6-21-25)22-16-23-14(19)12(13(17)18)15(20)24-16/h2-6,8,18H,7H2,1H3,(H5,19,20,22,23,24). The fourth-order valence-corrected chi connectivity index (χ4v) is 2.57. The SMILES string of the molecule is COc1cccc(Cn2cc(Nc3nc(N)c(C(=N)Cl)c(N)n3)cn2)c1. The van der Waals surface area contributed by atoms with Crippen LogP contribution in [0.1, 0.15) is 11.1 Å². The van der Waals surface area contributed by atoms with Gasteiger partial charge in [-0.2, -0.15) is 15.1 Å². The van der Waals surface area contributed by atoms with Crippen LogP contribution in [0.4, 0.5) is 23.3 Å². The average molecular weight is 373 g/mol. The predicted molar refractivity (Wildman–Crippen MR) is 101 cm³/mol. The third kappa shape index (κ3) is 3.83. The molecular weight excluding hydrogens is 356 g/mol. The Morgan fingerprint density at radius 1 is 1.31 bits per heavy atom. The summed E-state index contributed by atoms with van der Waals surface area (Å²) in [6, 6.07) is 7.74. The molecule has 0 aliphatic rings. The molecule has 0 atom stereocenters. The number of methoxy groups -OCH3 is 1. The number of nitrogens with two attached hydrogens (primary N) is 2. The Balaban J connectivity index is 1.75. The molecule has 134 valence electrons. The molecule has 2 heterocycles. The maximum atomic E-state index is 7.43. The fourth-order valence-electron chi connectivity index (χ4n) is 2.38. The number of aromatic nitrogens is 4. The van der Waals surface area contributed by atoms with Crippen LogP contribution in [-0.2, 0) is 6.54 Å². The Bertz CT molecular complexity index is 932. The van der Waals surface area contributed by atoms with E-state index in [0.29, 0.717) is 12.2 Å². The molecule has 3 aromatic rings. The Labute approximate surface area is 154 Å². The van der Waals surface area contributed by atoms with Crippen LogP contribution in [-0.4, -0.2) is 32.0 Å². The van der Waals surface area contributed by atoms with Gasteiger partial charge < -0.3 is 21.5 Å². The van der Waals surface area contributed by atoms with E-state index in [1.807, 2.05) is 24.3 Å². The minimum atomic E-state index is -0.308. The highest BCUT2D eigenvalue weighted by atomic mass is 35.5. The zero-order valence-corrected chi connectivity index (χ0v) is 14.7. The van der Waals surface area contributed by atoms with Gasteiger partial charge in [-0.25, -0.2) is 0 Å². The number of hydrogen-bond donors (Lipinski definition) is 4. The largest absolute Gasteiger partial charge is 0.497 e. The van der Waals surface area contributed by atoms with Crippen molar-refractivity contribution in [1.82, 2.24) is 19.7 Å². The Morgan fingerprint density at radius 3 is 2.69 bits per heavy atom. The molecule has 3 rings (SSSR count). The number of benzene rings is 1. The molecule has 26 heavy (non-hydrogen) atoms. The van der Waals surface area contributed by atoms with Gasteiger partial charge in [0.15, 0.2) is 0 Å². The number of ether oxygens (including phenoxy) is 1. The first-order chi connectivity index (χ1) is 12.5. The molecule has 10 heteroatoms. The summed E-state index contributed by atoms with van der Waals surface area (Å²) in [5.74, 6) is 1.05. The number of rotatable bonds is 6. The first-order valence-electron chi connectivity index (χ1n) is 7.56. The van der Waals surface area contributed by atoms with Gasteiger partial charge in [-0.05, 0) is 17.7 Å². The molecule has 0 radical (unpaired) electrons. The summed E-state index contributed by atoms with van der Waals surface area (Å²) in [6.07, 6.45) is 3.43. The number of nitrogens with zero attached hydrogens (tertiary/aromatic N) is 4. The maximum absolute atomic E-state index is 7.43. The van der Waals surface area contributed by atoms with E-state index < -0.39 is 0 Å². The maximum Gasteiger partial charge on any atom is 0.231 e. The van der Waals surface area contributed by atoms with Gasteiger partial charge >= 0.3 is 0 Å². The van der Waals surface area contributed by atoms with Gasteiger partial charge in [-0.3, -0.25) is 10.1 Å². The zero-order chi connectivity index (χ0) is 18.7. The predicted octanol–water partition coefficient (Wildman–Crippen LogP) is 2.20. The van der Waals surface area contributed by atoms with Gasteiger partial charge in [-0.1, -0.05) is 23.7 Å². The molecule has 0 aliphatic heterocycles. The number of hydrogen-bond acceptors (Lipinski definition) is 8. The van der Waals surface area contributed by atoms with Crippen molar-refractivity contribution in [3.05, 3.63) is 47.8 Å². The van der Waals surface area contributed by atoms with Crippen LogP contribution in [0.3, 0.4) is 0 Å². The second-order valence-corrected chi connectivity index (χ2v) is 5.79. The van der Waals surface area contributed by atoms with Crippen molar-refractivity contribution >= 4 is 40.0 Å². The highest BCUT2D eigenvalue weighted by Crippen LogP contribution is 2.22. The van der Waals surface area contributed by atoms with E-state index in [4.69, 9.17) is 33.2 Å². The second kappa shape index (κ2) is 7.28. The van der Waals surface area contributed by atoms with E-state index >= 15 is 0 Å². The monoisotopic (exact) mass is 372 g/mol. The van der Waals surface area contributed by atoms with Crippen LogP contribution in [0.25, 0.3) is 0 Å². The molecule has 0 spiro atoms. The lowest BCUT2D eigenvalue weighted by molar-refractivity contribution is 0.414. The van der Waals surface area contributed by atoms with E-state index in [2.05, 4.69) is 20.4 Å². The van der Waals surface area contributed by atoms with E-state index in [1.54, 1.807) is 24.2 Å². The average Bonchev–Trinajstić information content (AvgIpc) is 3.00. The van der Waals surface area contributed by atoms with Crippen LogP contribution >= 0.6 is 11.6 Å². The van der Waals surface area contributed by atoms with E-state index in [0.717, 1.165) is 11.3 Å². The number of halogens is 1. The van der Waals surface area contributed by atoms with Gasteiger partial charge in [-0.15, -0.1) is 0 Å². The molecule has 0 aliphatic carbocycles. The molecule has 6 N–H and O–H groups in total. The third-order valence-corrected chi connectivity index (χ3v) is 3.74. The quantitative estimate of drug-likeness (QED) is 0.486. The van der Waals surface area contributed by atoms with Crippen molar-refractivity contribution in [3.8, 4) is 5.75 Å². The van der Waals surface area contributed by atoms with Crippen LogP contribution in [0.15, 0.2) is 36.7 Å². The molecular formula is C16H17ClN8O. The molecule has 0 saturated carbocycles. The second-order valence-electron chi connectivity index (χ2n) is 5.41. The van der Waals surface area contributed by atoms with E-state index in [9.17, 15) is 0 Å². The van der Waals surface area contributed by atoms with Crippen molar-refractivity contribution in [2.45, 2.75) is 6.54 Å². The van der Waals surface area contributed by atoms with E-state index in [-0.39, 0.29) is 28.3 Å². The third-order valence-electron chi connectivity index (χ3n) is 3.55. The summed E-state index contributed by atoms with van der Waals surface area (Å²) in [4.78, 5) is 8.13. The summed E-state index contributed by atoms with van der Waals surface area (Å²) in [5, 5.41) is 14.4. The number of nitrogen functional groups attached to an aromatic ring is 2. The summed E-state index contributed by atoms with van der Waals surface area (Å²) in [5.41, 5.74) is 13.4. The van der Waals surface area contributed by atoms with Crippen LogP contribution in [0, 0.1) is 5.41 Å². The lowest BCUT2D eigenvalue weighted by Crippen LogP contribution is -2.10. The van der Waals surface area contributed by atoms with Crippen molar-refractivity contribution in [1.29, 1.82) is 5.41 Å². The Kier molecular flexibility index (Phi) is 4.90. The molecule has 9 nitrogen and oxygen atoms in total. The molecule has 0 amide bonds. The van der Waals surface area contributed by atoms with Gasteiger partial charge in [0, 0.05) is 6.20 Å². The lowest BCUT2D eigenvalue weighted by atomic mass is 10.2. The fraction of sp³-hybridized carbons (Fsp3) is 0.125. The first-order valence-corrected chi connectivity index (χ1v) is 7.94. The molecule has 0 unspecified atom stereocenters. The molecule has 0 saturated heterocycles. The summed E-state index contributed by atoms with van der Waals surface area (Å²) < 4.78 is 6.98. The minimum absolute atomic E-state index is 0.0313. The Hall–Kier alpha value is -3.33. The Morgan fingerprint density at radius 2 is 2.04 bits per heavy atom. The van der Waals surface area contributed by atoms with Gasteiger partial charge in [0.05, 0.1) is 31.1 Å². The van der Waals surface area contributed by atoms with Crippen molar-refractivity contribution in [3.63, 3.8) is 0 Å². The van der Waals surface area contributed by atoms with Crippen molar-refractivity contribution in [2.24, 2.45) is 0 Å². The minimum Gasteiger partial charge on any atom is -0.497 e. The topological polar surface area (TPSA) is 141 Å². The van der Waals surface area contributed by atoms with Gasteiger partial charge in [0.25, 0.3) is 0 Å². The van der Waals surface area contributed by atoms with Crippen molar-refractivity contribution < 1.29 is 4.74 Å². The van der Waals surface area contributed by atoms with E-state index in [1.165, 1.54) is 0 Å². The van der Waals surface area contributed by atoms with Crippen LogP contribution in [0.2, 0.25) is 0 Å². The lowest BCUT2D eigenvalue weighted by Gasteiger charge is -2.08. The van der Waals surface area contributed by atoms with Crippen LogP contribution < -0.4 is 21.5 Å². The summed E-state index contributed by atoms with van der Waals surface area (Å²) >= 11 is 5.63. The van der Waals surface area contributed by atoms with Crippen molar-refractivity contribution in [2.75, 3.05) is 23.9 Å². The highest BCUT2D eigenvalue weighted by Gasteiger charge is 2.13.